The van der Waals surface area contributed by atoms with Crippen molar-refractivity contribution in [3.63, 3.8) is 0 Å². The van der Waals surface area contributed by atoms with E-state index >= 15 is 0 Å². The third-order valence-corrected chi connectivity index (χ3v) is 20.6. The SMILES string of the molecule is CCc1ccc2nc(C)c(S(=O)(=O)NC(=O)Nc3cc(OC)cc(OC)c3)n2n1.COc1cc(OC)nc(NC(=O)NS(=O)(=O)c2c(C3=NOCC(C)O3)c(Cl)nn2C)n1.C[C@H](Oc1ccc(Oc2nc3ccc(Cl)cc3o2)cc1)C(=O)N(C)c1ccccc1F.Cc1nn(C)c(C(F)F)c1CS(=O)(=O)C1=NOC(C)(C)C1. The number of imidazole rings is 1. The number of alkyl halides is 2. The number of benzene rings is 4. The molecule has 12 rings (SSSR count). The number of para-hydroxylation sites is 1. The highest BCUT2D eigenvalue weighted by atomic mass is 35.5. The van der Waals surface area contributed by atoms with Gasteiger partial charge in [0.1, 0.15) is 57.3 Å². The molecule has 0 aliphatic carbocycles. The number of oxazole rings is 1. The Hall–Kier alpha value is -11.8. The molecular weight excluding hydrogens is 1580 g/mol. The van der Waals surface area contributed by atoms with Crippen molar-refractivity contribution in [1.29, 1.82) is 0 Å². The van der Waals surface area contributed by atoms with Crippen LogP contribution in [0.15, 0.2) is 128 Å². The van der Waals surface area contributed by atoms with Gasteiger partial charge in [-0.3, -0.25) is 19.5 Å². The molecule has 0 fully saturated rings. The van der Waals surface area contributed by atoms with Crippen LogP contribution in [-0.2, 0) is 75.4 Å². The number of aryl methyl sites for hydroxylation is 5. The summed E-state index contributed by atoms with van der Waals surface area (Å²) in [7, 11) is -2.72. The van der Waals surface area contributed by atoms with E-state index in [4.69, 9.17) is 70.5 Å². The fourth-order valence-corrected chi connectivity index (χ4v) is 15.0. The number of anilines is 3. The second-order valence-corrected chi connectivity index (χ2v) is 30.6. The van der Waals surface area contributed by atoms with Crippen LogP contribution in [0.4, 0.5) is 40.1 Å². The van der Waals surface area contributed by atoms with Gasteiger partial charge in [0.15, 0.2) is 49.0 Å². The molecule has 598 valence electrons. The molecule has 6 aromatic heterocycles. The van der Waals surface area contributed by atoms with Crippen LogP contribution < -0.4 is 53.4 Å². The Balaban J connectivity index is 0.000000173. The summed E-state index contributed by atoms with van der Waals surface area (Å²) in [6.07, 6.45) is -3.19. The number of methoxy groups -OCH3 is 4. The number of sulfone groups is 1. The molecule has 0 bridgehead atoms. The topological polar surface area (TPSA) is 430 Å². The normalized spacial score (nSPS) is 14.0. The van der Waals surface area contributed by atoms with Gasteiger partial charge in [-0.25, -0.2) is 45.6 Å². The largest absolute Gasteiger partial charge is 0.497 e. The van der Waals surface area contributed by atoms with Crippen molar-refractivity contribution in [3.05, 3.63) is 153 Å². The van der Waals surface area contributed by atoms with Gasteiger partial charge in [0, 0.05) is 68.1 Å². The lowest BCUT2D eigenvalue weighted by Crippen LogP contribution is -2.38. The summed E-state index contributed by atoms with van der Waals surface area (Å²) in [5.74, 6) is 0.154. The predicted molar refractivity (Wildman–Crippen MR) is 400 cm³/mol. The zero-order valence-electron chi connectivity index (χ0n) is 62.1. The number of nitrogens with one attached hydrogen (secondary N) is 4. The monoisotopic (exact) mass is 1660 g/mol. The van der Waals surface area contributed by atoms with E-state index in [2.05, 4.69) is 56.2 Å². The quantitative estimate of drug-likeness (QED) is 0.0519. The lowest BCUT2D eigenvalue weighted by molar-refractivity contribution is -0.124. The number of urea groups is 2. The molecule has 112 heavy (non-hydrogen) atoms. The third-order valence-electron chi connectivity index (χ3n) is 15.7. The minimum Gasteiger partial charge on any atom is -0.497 e. The molecule has 4 N–H and O–H groups in total. The van der Waals surface area contributed by atoms with Gasteiger partial charge in [0.05, 0.1) is 63.0 Å². The van der Waals surface area contributed by atoms with Gasteiger partial charge in [0.2, 0.25) is 22.7 Å². The highest BCUT2D eigenvalue weighted by Gasteiger charge is 2.39. The smallest absolute Gasteiger partial charge is 0.400 e. The lowest BCUT2D eigenvalue weighted by Gasteiger charge is -2.22. The highest BCUT2D eigenvalue weighted by Crippen LogP contribution is 2.34. The maximum absolute atomic E-state index is 13.9. The highest BCUT2D eigenvalue weighted by molar-refractivity contribution is 8.05. The van der Waals surface area contributed by atoms with E-state index in [1.54, 1.807) is 107 Å². The fourth-order valence-electron chi connectivity index (χ4n) is 10.4. The molecule has 0 radical (unpaired) electrons. The van der Waals surface area contributed by atoms with Crippen LogP contribution in [0.3, 0.4) is 0 Å². The molecule has 2 aliphatic rings. The number of likely N-dealkylation sites (N-methyl/N-ethyl adjacent to an activating group) is 1. The van der Waals surface area contributed by atoms with Gasteiger partial charge >= 0.3 is 18.1 Å². The molecule has 10 aromatic rings. The summed E-state index contributed by atoms with van der Waals surface area (Å²) in [4.78, 5) is 64.8. The molecule has 0 saturated heterocycles. The Bertz CT molecular complexity index is 5530. The number of ether oxygens (including phenoxy) is 7. The first-order valence-corrected chi connectivity index (χ1v) is 38.4. The Kier molecular flexibility index (Phi) is 26.7. The van der Waals surface area contributed by atoms with Crippen molar-refractivity contribution in [1.82, 2.24) is 58.6 Å². The standard InChI is InChI=1S/C23H18ClFN2O4.C18H21N5O5S.C15H18ClN7O7S.C12H17F2N3O3S/c1-14(22(28)27(2)20-6-4-3-5-18(20)25)29-16-8-10-17(11-9-16)30-23-26-19-12-7-15(24)13-21(19)31-23;1-5-12-6-7-16-19-11(2)17(23(16)21-12)29(25,26)22-18(24)20-13-8-14(27-3)10-15(9-13)28-4;1-7-6-29-21-12(30-7)10-11(16)20-23(2)13(10)31(25,26)22-15(24)19-14-17-8(27-3)5-9(18-14)28-4;1-7-8(10(11(13)14)17(4)15-7)6-21(18,19)9-5-12(2,3)20-16-9/h3-14H,1-2H3;6-10H,5H2,1-4H3,(H2,20,22,24);5,7H,6H2,1-4H3,(H2,17,18,19,22,24);11H,5-6H2,1-4H3/t14-;;;/m0.../s1. The minimum absolute atomic E-state index is 0.0277. The van der Waals surface area contributed by atoms with Crippen molar-refractivity contribution in [2.24, 2.45) is 24.4 Å². The predicted octanol–water partition coefficient (Wildman–Crippen LogP) is 10.6. The van der Waals surface area contributed by atoms with Gasteiger partial charge in [-0.15, -0.1) is 0 Å². The molecule has 0 saturated carbocycles. The number of halogens is 5. The average molecular weight is 1660 g/mol. The van der Waals surface area contributed by atoms with E-state index in [1.165, 1.54) is 96.3 Å². The van der Waals surface area contributed by atoms with E-state index < -0.39 is 82.8 Å². The number of aromatic nitrogens is 10. The second kappa shape index (κ2) is 35.5. The Morgan fingerprint density at radius 3 is 1.96 bits per heavy atom. The van der Waals surface area contributed by atoms with E-state index in [0.29, 0.717) is 62.6 Å². The van der Waals surface area contributed by atoms with Crippen LogP contribution in [-0.4, -0.2) is 163 Å². The fraction of sp³-hybridized carbons (Fsp3) is 0.324. The summed E-state index contributed by atoms with van der Waals surface area (Å²) in [6, 6.07) is 25.2. The van der Waals surface area contributed by atoms with Crippen molar-refractivity contribution in [2.45, 2.75) is 101 Å². The Morgan fingerprint density at radius 1 is 0.732 bits per heavy atom. The molecule has 4 aromatic carbocycles. The van der Waals surface area contributed by atoms with Gasteiger partial charge in [-0.2, -0.15) is 51.6 Å². The summed E-state index contributed by atoms with van der Waals surface area (Å²) < 4.78 is 166. The molecule has 8 heterocycles. The van der Waals surface area contributed by atoms with E-state index in [-0.39, 0.29) is 97.7 Å². The van der Waals surface area contributed by atoms with E-state index in [9.17, 15) is 52.8 Å². The number of fused-ring (bicyclic) bond motifs is 2. The molecular formula is C68H74Cl2F3N17O19S3. The summed E-state index contributed by atoms with van der Waals surface area (Å²) >= 11 is 12.0. The number of nitrogens with zero attached hydrogens (tertiary/aromatic N) is 13. The summed E-state index contributed by atoms with van der Waals surface area (Å²) in [5, 5.41) is 23.5. The second-order valence-electron chi connectivity index (χ2n) is 24.6. The Labute approximate surface area is 648 Å². The average Bonchev–Trinajstić information content (AvgIpc) is 1.50. The van der Waals surface area contributed by atoms with Crippen molar-refractivity contribution >= 4 is 116 Å². The van der Waals surface area contributed by atoms with Gasteiger partial charge in [-0.1, -0.05) is 47.4 Å². The van der Waals surface area contributed by atoms with Crippen molar-refractivity contribution in [3.8, 4) is 40.8 Å². The molecule has 36 nitrogen and oxygen atoms in total. The number of rotatable bonds is 21. The maximum Gasteiger partial charge on any atom is 0.400 e. The van der Waals surface area contributed by atoms with Crippen LogP contribution in [0.1, 0.15) is 81.4 Å². The van der Waals surface area contributed by atoms with Crippen molar-refractivity contribution in [2.75, 3.05) is 57.6 Å². The van der Waals surface area contributed by atoms with Gasteiger partial charge in [0.25, 0.3) is 38.3 Å². The van der Waals surface area contributed by atoms with E-state index in [0.717, 1.165) is 9.36 Å². The van der Waals surface area contributed by atoms with E-state index in [1.807, 2.05) is 16.4 Å². The molecule has 44 heteroatoms. The zero-order chi connectivity index (χ0) is 81.9. The number of carbonyl (C=O) groups excluding carboxylic acids is 3. The number of oxime groups is 2. The van der Waals surface area contributed by atoms with Gasteiger partial charge in [-0.05, 0) is 114 Å². The Morgan fingerprint density at radius 2 is 1.37 bits per heavy atom. The van der Waals surface area contributed by atoms with Crippen molar-refractivity contribution < 1.29 is 100 Å². The summed E-state index contributed by atoms with van der Waals surface area (Å²) in [6.45, 7) is 11.8. The minimum atomic E-state index is -4.50. The number of hydrogen-bond donors (Lipinski definition) is 4. The summed E-state index contributed by atoms with van der Waals surface area (Å²) in [5.41, 5.74) is 2.00. The molecule has 2 aliphatic heterocycles. The van der Waals surface area contributed by atoms with Crippen LogP contribution in [0, 0.1) is 19.7 Å². The number of carbonyl (C=O) groups is 3. The lowest BCUT2D eigenvalue weighted by atomic mass is 10.1. The van der Waals surface area contributed by atoms with Crippen LogP contribution in [0.5, 0.6) is 40.8 Å². The first kappa shape index (κ1) is 84.3. The molecule has 1 unspecified atom stereocenters. The van der Waals surface area contributed by atoms with Gasteiger partial charge < -0.3 is 57.5 Å². The number of amides is 5. The molecule has 2 atom stereocenters. The van der Waals surface area contributed by atoms with Crippen LogP contribution in [0.2, 0.25) is 10.2 Å². The number of hydrogen-bond acceptors (Lipinski definition) is 28. The van der Waals surface area contributed by atoms with Crippen LogP contribution in [0.25, 0.3) is 16.7 Å². The van der Waals surface area contributed by atoms with Crippen LogP contribution >= 0.6 is 23.2 Å². The first-order chi connectivity index (χ1) is 52.8. The maximum atomic E-state index is 13.9. The third kappa shape index (κ3) is 20.8. The number of sulfonamides is 2. The first-order valence-electron chi connectivity index (χ1n) is 33.0. The molecule has 5 amide bonds. The zero-order valence-corrected chi connectivity index (χ0v) is 66.0. The molecule has 0 spiro atoms.